The standard InChI is InChI=1S/C15H18N2O/c1-3-7-12(18)11-15-16-13-8-5-6-9-14(13)17(15)10-4-2/h3,5-6,8-9H,1,4,7,10-11H2,2H3. The molecule has 94 valence electrons. The van der Waals surface area contributed by atoms with Gasteiger partial charge in [0.15, 0.2) is 0 Å². The average Bonchev–Trinajstić information content (AvgIpc) is 2.68. The number of nitrogens with zero attached hydrogens (tertiary/aromatic N) is 2. The molecule has 0 aliphatic rings. The van der Waals surface area contributed by atoms with Gasteiger partial charge in [-0.25, -0.2) is 4.98 Å². The van der Waals surface area contributed by atoms with Crippen molar-refractivity contribution in [2.45, 2.75) is 32.7 Å². The molecule has 0 saturated heterocycles. The predicted octanol–water partition coefficient (Wildman–Crippen LogP) is 3.13. The van der Waals surface area contributed by atoms with Gasteiger partial charge >= 0.3 is 0 Å². The van der Waals surface area contributed by atoms with Gasteiger partial charge in [0, 0.05) is 13.0 Å². The largest absolute Gasteiger partial charge is 0.328 e. The summed E-state index contributed by atoms with van der Waals surface area (Å²) in [5.74, 6) is 1.03. The molecular weight excluding hydrogens is 224 g/mol. The predicted molar refractivity (Wildman–Crippen MR) is 73.5 cm³/mol. The van der Waals surface area contributed by atoms with Crippen LogP contribution in [0.5, 0.6) is 0 Å². The third-order valence-electron chi connectivity index (χ3n) is 2.91. The van der Waals surface area contributed by atoms with E-state index in [1.54, 1.807) is 6.08 Å². The lowest BCUT2D eigenvalue weighted by atomic mass is 10.2. The number of Topliss-reactive ketones (excluding diaryl/α,β-unsaturated/α-hetero) is 1. The summed E-state index contributed by atoms with van der Waals surface area (Å²) in [6.07, 6.45) is 3.48. The second kappa shape index (κ2) is 5.63. The topological polar surface area (TPSA) is 34.9 Å². The summed E-state index contributed by atoms with van der Waals surface area (Å²) < 4.78 is 2.15. The third-order valence-corrected chi connectivity index (χ3v) is 2.91. The first-order valence-corrected chi connectivity index (χ1v) is 6.33. The van der Waals surface area contributed by atoms with Gasteiger partial charge in [0.1, 0.15) is 11.6 Å². The summed E-state index contributed by atoms with van der Waals surface area (Å²) in [5.41, 5.74) is 2.08. The number of benzene rings is 1. The number of ketones is 1. The van der Waals surface area contributed by atoms with Crippen LogP contribution in [0.15, 0.2) is 36.9 Å². The van der Waals surface area contributed by atoms with Gasteiger partial charge < -0.3 is 4.57 Å². The Labute approximate surface area is 107 Å². The van der Waals surface area contributed by atoms with Gasteiger partial charge in [-0.05, 0) is 18.6 Å². The van der Waals surface area contributed by atoms with Crippen molar-refractivity contribution < 1.29 is 4.79 Å². The molecule has 3 heteroatoms. The van der Waals surface area contributed by atoms with E-state index < -0.39 is 0 Å². The molecule has 3 nitrogen and oxygen atoms in total. The second-order valence-electron chi connectivity index (χ2n) is 4.38. The van der Waals surface area contributed by atoms with Gasteiger partial charge in [0.05, 0.1) is 17.5 Å². The molecule has 1 heterocycles. The van der Waals surface area contributed by atoms with Crippen LogP contribution in [0.25, 0.3) is 11.0 Å². The minimum absolute atomic E-state index is 0.164. The van der Waals surface area contributed by atoms with E-state index in [0.29, 0.717) is 12.8 Å². The normalized spacial score (nSPS) is 10.7. The smallest absolute Gasteiger partial charge is 0.144 e. The number of aromatic nitrogens is 2. The fourth-order valence-electron chi connectivity index (χ4n) is 2.14. The van der Waals surface area contributed by atoms with E-state index in [9.17, 15) is 4.79 Å². The van der Waals surface area contributed by atoms with Gasteiger partial charge in [-0.3, -0.25) is 4.79 Å². The Bertz CT molecular complexity index is 569. The molecule has 1 aromatic heterocycles. The van der Waals surface area contributed by atoms with E-state index in [4.69, 9.17) is 0 Å². The van der Waals surface area contributed by atoms with E-state index in [-0.39, 0.29) is 5.78 Å². The van der Waals surface area contributed by atoms with Crippen LogP contribution in [0.3, 0.4) is 0 Å². The highest BCUT2D eigenvalue weighted by Gasteiger charge is 2.12. The molecule has 18 heavy (non-hydrogen) atoms. The third kappa shape index (κ3) is 2.50. The van der Waals surface area contributed by atoms with Crippen molar-refractivity contribution in [2.24, 2.45) is 0 Å². The van der Waals surface area contributed by atoms with Crippen LogP contribution >= 0.6 is 0 Å². The molecule has 2 aromatic rings. The van der Waals surface area contributed by atoms with E-state index in [1.165, 1.54) is 0 Å². The highest BCUT2D eigenvalue weighted by atomic mass is 16.1. The van der Waals surface area contributed by atoms with Gasteiger partial charge in [0.25, 0.3) is 0 Å². The maximum Gasteiger partial charge on any atom is 0.144 e. The van der Waals surface area contributed by atoms with Crippen molar-refractivity contribution >= 4 is 16.8 Å². The Morgan fingerprint density at radius 2 is 2.22 bits per heavy atom. The number of rotatable bonds is 6. The first kappa shape index (κ1) is 12.6. The Kier molecular flexibility index (Phi) is 3.92. The van der Waals surface area contributed by atoms with E-state index in [1.807, 2.05) is 18.2 Å². The maximum atomic E-state index is 11.7. The summed E-state index contributed by atoms with van der Waals surface area (Å²) in [5, 5.41) is 0. The number of fused-ring (bicyclic) bond motifs is 1. The van der Waals surface area contributed by atoms with Crippen LogP contribution in [-0.4, -0.2) is 15.3 Å². The number of aryl methyl sites for hydroxylation is 1. The van der Waals surface area contributed by atoms with Crippen molar-refractivity contribution in [2.75, 3.05) is 0 Å². The van der Waals surface area contributed by atoms with Gasteiger partial charge in [-0.15, -0.1) is 6.58 Å². The van der Waals surface area contributed by atoms with Crippen molar-refractivity contribution in [3.05, 3.63) is 42.7 Å². The number of carbonyl (C=O) groups is 1. The first-order valence-electron chi connectivity index (χ1n) is 6.33. The molecule has 2 rings (SSSR count). The van der Waals surface area contributed by atoms with Gasteiger partial charge in [0.2, 0.25) is 0 Å². The highest BCUT2D eigenvalue weighted by molar-refractivity contribution is 5.83. The SMILES string of the molecule is C=CCC(=O)Cc1nc2ccccc2n1CCC. The molecular formula is C15H18N2O. The summed E-state index contributed by atoms with van der Waals surface area (Å²) in [7, 11) is 0. The lowest BCUT2D eigenvalue weighted by molar-refractivity contribution is -0.117. The van der Waals surface area contributed by atoms with Crippen molar-refractivity contribution in [1.29, 1.82) is 0 Å². The first-order chi connectivity index (χ1) is 8.76. The fraction of sp³-hybridized carbons (Fsp3) is 0.333. The zero-order valence-corrected chi connectivity index (χ0v) is 10.7. The van der Waals surface area contributed by atoms with Gasteiger partial charge in [-0.1, -0.05) is 25.1 Å². The molecule has 0 bridgehead atoms. The average molecular weight is 242 g/mol. The van der Waals surface area contributed by atoms with Gasteiger partial charge in [-0.2, -0.15) is 0 Å². The van der Waals surface area contributed by atoms with Crippen molar-refractivity contribution in [3.63, 3.8) is 0 Å². The number of hydrogen-bond acceptors (Lipinski definition) is 2. The Morgan fingerprint density at radius 3 is 2.94 bits per heavy atom. The lowest BCUT2D eigenvalue weighted by Crippen LogP contribution is -2.09. The van der Waals surface area contributed by atoms with Crippen molar-refractivity contribution in [3.8, 4) is 0 Å². The number of allylic oxidation sites excluding steroid dienone is 1. The van der Waals surface area contributed by atoms with Crippen LogP contribution in [0, 0.1) is 0 Å². The minimum Gasteiger partial charge on any atom is -0.328 e. The summed E-state index contributed by atoms with van der Waals surface area (Å²) >= 11 is 0. The van der Waals surface area contributed by atoms with Crippen molar-refractivity contribution in [1.82, 2.24) is 9.55 Å². The van der Waals surface area contributed by atoms with E-state index in [0.717, 1.165) is 29.8 Å². The number of carbonyl (C=O) groups excluding carboxylic acids is 1. The molecule has 0 N–H and O–H groups in total. The molecule has 0 unspecified atom stereocenters. The molecule has 1 aromatic carbocycles. The number of para-hydroxylation sites is 2. The van der Waals surface area contributed by atoms with Crippen LogP contribution in [-0.2, 0) is 17.8 Å². The molecule has 0 saturated carbocycles. The minimum atomic E-state index is 0.164. The Balaban J connectivity index is 2.38. The fourth-order valence-corrected chi connectivity index (χ4v) is 2.14. The summed E-state index contributed by atoms with van der Waals surface area (Å²) in [6, 6.07) is 8.02. The maximum absolute atomic E-state index is 11.7. The molecule has 0 radical (unpaired) electrons. The van der Waals surface area contributed by atoms with Crippen LogP contribution in [0.4, 0.5) is 0 Å². The Hall–Kier alpha value is -1.90. The van der Waals surface area contributed by atoms with Crippen LogP contribution < -0.4 is 0 Å². The second-order valence-corrected chi connectivity index (χ2v) is 4.38. The molecule has 0 aliphatic heterocycles. The molecule has 0 atom stereocenters. The highest BCUT2D eigenvalue weighted by Crippen LogP contribution is 2.17. The zero-order valence-electron chi connectivity index (χ0n) is 10.7. The van der Waals surface area contributed by atoms with E-state index in [2.05, 4.69) is 29.1 Å². The van der Waals surface area contributed by atoms with Crippen LogP contribution in [0.2, 0.25) is 0 Å². The van der Waals surface area contributed by atoms with E-state index >= 15 is 0 Å². The van der Waals surface area contributed by atoms with Crippen LogP contribution in [0.1, 0.15) is 25.6 Å². The summed E-state index contributed by atoms with van der Waals surface area (Å²) in [4.78, 5) is 16.3. The molecule has 0 amide bonds. The lowest BCUT2D eigenvalue weighted by Gasteiger charge is -2.06. The number of hydrogen-bond donors (Lipinski definition) is 0. The summed E-state index contributed by atoms with van der Waals surface area (Å²) in [6.45, 7) is 6.62. The number of imidazole rings is 1. The monoisotopic (exact) mass is 242 g/mol. The molecule has 0 aliphatic carbocycles. The Morgan fingerprint density at radius 1 is 1.44 bits per heavy atom. The molecule has 0 fully saturated rings. The quantitative estimate of drug-likeness (QED) is 0.729. The molecule has 0 spiro atoms. The zero-order chi connectivity index (χ0) is 13.0.